The monoisotopic (exact) mass is 116 g/mol. The molecule has 0 amide bonds. The van der Waals surface area contributed by atoms with Crippen molar-refractivity contribution < 1.29 is 4.79 Å². The van der Waals surface area contributed by atoms with Crippen molar-refractivity contribution >= 4 is 18.2 Å². The van der Waals surface area contributed by atoms with Gasteiger partial charge in [0.25, 0.3) is 0 Å². The summed E-state index contributed by atoms with van der Waals surface area (Å²) in [7, 11) is 0. The third kappa shape index (κ3) is 1.55. The van der Waals surface area contributed by atoms with E-state index in [1.165, 1.54) is 12.2 Å². The van der Waals surface area contributed by atoms with Crippen LogP contribution in [0.3, 0.4) is 0 Å². The maximum absolute atomic E-state index is 10.1. The van der Waals surface area contributed by atoms with Crippen LogP contribution in [-0.4, -0.2) is 5.78 Å². The fourth-order valence-electron chi connectivity index (χ4n) is 0.356. The summed E-state index contributed by atoms with van der Waals surface area (Å²) in [6.07, 6.45) is 6.50. The lowest BCUT2D eigenvalue weighted by Crippen LogP contribution is -1.75. The van der Waals surface area contributed by atoms with Crippen molar-refractivity contribution in [2.24, 2.45) is 0 Å². The van der Waals surface area contributed by atoms with Gasteiger partial charge in [0.05, 0.1) is 0 Å². The molecule has 0 heterocycles. The van der Waals surface area contributed by atoms with Gasteiger partial charge in [-0.1, -0.05) is 12.2 Å². The van der Waals surface area contributed by atoms with Gasteiger partial charge in [-0.3, -0.25) is 4.79 Å². The van der Waals surface area contributed by atoms with Gasteiger partial charge < -0.3 is 0 Å². The number of carbonyl (C=O) groups excluding carboxylic acids is 1. The third-order valence-electron chi connectivity index (χ3n) is 0.632. The summed E-state index contributed by atoms with van der Waals surface area (Å²) in [5.41, 5.74) is 0. The first kappa shape index (κ1) is 6.44. The van der Waals surface area contributed by atoms with E-state index in [9.17, 15) is 4.79 Å². The Balaban J connectivity index is 0.000000360. The topological polar surface area (TPSA) is 17.1 Å². The second-order valence-electron chi connectivity index (χ2n) is 1.12. The Bertz CT molecular complexity index is 110. The lowest BCUT2D eigenvalue weighted by atomic mass is 10.5. The van der Waals surface area contributed by atoms with Crippen molar-refractivity contribution in [2.45, 2.75) is 0 Å². The fraction of sp³-hybridized carbons (Fsp3) is 0. The number of hydrogen-bond acceptors (Lipinski definition) is 1. The second-order valence-corrected chi connectivity index (χ2v) is 1.12. The van der Waals surface area contributed by atoms with E-state index < -0.39 is 0 Å². The normalized spacial score (nSPS) is 14.6. The van der Waals surface area contributed by atoms with Crippen LogP contribution in [0.4, 0.5) is 0 Å². The summed E-state index contributed by atoms with van der Waals surface area (Å²) in [4.78, 5) is 10.1. The van der Waals surface area contributed by atoms with E-state index in [4.69, 9.17) is 0 Å². The first-order chi connectivity index (χ1) is 2.89. The Morgan fingerprint density at radius 1 is 1.14 bits per heavy atom. The van der Waals surface area contributed by atoms with Crippen molar-refractivity contribution in [2.75, 3.05) is 0 Å². The smallest absolute Gasteiger partial charge is 0.178 e. The average Bonchev–Trinajstić information content (AvgIpc) is 1.86. The van der Waals surface area contributed by atoms with Gasteiger partial charge in [-0.15, -0.1) is 12.4 Å². The van der Waals surface area contributed by atoms with E-state index in [2.05, 4.69) is 0 Å². The molecule has 0 aromatic rings. The molecule has 2 heteroatoms. The predicted octanol–water partition coefficient (Wildman–Crippen LogP) is 1.10. The summed E-state index contributed by atoms with van der Waals surface area (Å²) in [6, 6.07) is 0. The molecule has 0 bridgehead atoms. The molecule has 0 aromatic heterocycles. The van der Waals surface area contributed by atoms with Crippen LogP contribution in [0.5, 0.6) is 0 Å². The largest absolute Gasteiger partial charge is 0.290 e. The van der Waals surface area contributed by atoms with E-state index in [0.717, 1.165) is 0 Å². The predicted molar refractivity (Wildman–Crippen MR) is 30.5 cm³/mol. The number of allylic oxidation sites excluding steroid dienone is 4. The van der Waals surface area contributed by atoms with E-state index in [1.54, 1.807) is 12.2 Å². The molecule has 0 fully saturated rings. The summed E-state index contributed by atoms with van der Waals surface area (Å²) < 4.78 is 0. The molecule has 0 N–H and O–H groups in total. The number of rotatable bonds is 0. The van der Waals surface area contributed by atoms with Crippen LogP contribution in [0, 0.1) is 0 Å². The fourth-order valence-corrected chi connectivity index (χ4v) is 0.356. The van der Waals surface area contributed by atoms with Gasteiger partial charge in [0.1, 0.15) is 0 Å². The van der Waals surface area contributed by atoms with Crippen LogP contribution >= 0.6 is 12.4 Å². The molecule has 7 heavy (non-hydrogen) atoms. The Hall–Kier alpha value is -0.560. The van der Waals surface area contributed by atoms with Crippen LogP contribution in [0.1, 0.15) is 0 Å². The zero-order chi connectivity index (χ0) is 4.41. The summed E-state index contributed by atoms with van der Waals surface area (Å²) in [5, 5.41) is 0. The molecule has 0 aromatic carbocycles. The van der Waals surface area contributed by atoms with Crippen molar-refractivity contribution in [3.63, 3.8) is 0 Å². The molecule has 0 atom stereocenters. The minimum atomic E-state index is 0. The molecule has 0 unspecified atom stereocenters. The number of ketones is 1. The van der Waals surface area contributed by atoms with E-state index >= 15 is 0 Å². The SMILES string of the molecule is Cl.O=C1C=CC=C1. The molecule has 1 nitrogen and oxygen atoms in total. The Morgan fingerprint density at radius 3 is 1.71 bits per heavy atom. The zero-order valence-corrected chi connectivity index (χ0v) is 4.44. The van der Waals surface area contributed by atoms with E-state index in [1.807, 2.05) is 0 Å². The lowest BCUT2D eigenvalue weighted by Gasteiger charge is -1.62. The maximum Gasteiger partial charge on any atom is 0.178 e. The lowest BCUT2D eigenvalue weighted by molar-refractivity contribution is -0.110. The van der Waals surface area contributed by atoms with Crippen molar-refractivity contribution in [1.29, 1.82) is 0 Å². The highest BCUT2D eigenvalue weighted by molar-refractivity contribution is 6.01. The van der Waals surface area contributed by atoms with Gasteiger partial charge in [0.2, 0.25) is 0 Å². The van der Waals surface area contributed by atoms with Gasteiger partial charge in [0.15, 0.2) is 5.78 Å². The van der Waals surface area contributed by atoms with Crippen LogP contribution in [0.25, 0.3) is 0 Å². The zero-order valence-electron chi connectivity index (χ0n) is 3.63. The van der Waals surface area contributed by atoms with Crippen LogP contribution < -0.4 is 0 Å². The Labute approximate surface area is 48.1 Å². The number of carbonyl (C=O) groups is 1. The van der Waals surface area contributed by atoms with Crippen molar-refractivity contribution in [1.82, 2.24) is 0 Å². The van der Waals surface area contributed by atoms with E-state index in [0.29, 0.717) is 0 Å². The molecule has 0 spiro atoms. The molecule has 1 aliphatic carbocycles. The highest BCUT2D eigenvalue weighted by Crippen LogP contribution is 1.89. The quantitative estimate of drug-likeness (QED) is 0.463. The average molecular weight is 117 g/mol. The molecule has 0 aliphatic heterocycles. The minimum Gasteiger partial charge on any atom is -0.290 e. The van der Waals surface area contributed by atoms with Gasteiger partial charge in [-0.25, -0.2) is 0 Å². The minimum absolute atomic E-state index is 0. The molecular formula is C5H5ClO. The highest BCUT2D eigenvalue weighted by atomic mass is 35.5. The molecular weight excluding hydrogens is 112 g/mol. The molecule has 38 valence electrons. The van der Waals surface area contributed by atoms with Gasteiger partial charge >= 0.3 is 0 Å². The molecule has 1 aliphatic rings. The van der Waals surface area contributed by atoms with Crippen LogP contribution in [-0.2, 0) is 4.79 Å². The van der Waals surface area contributed by atoms with Crippen molar-refractivity contribution in [3.05, 3.63) is 24.3 Å². The van der Waals surface area contributed by atoms with Crippen molar-refractivity contribution in [3.8, 4) is 0 Å². The van der Waals surface area contributed by atoms with Gasteiger partial charge in [0, 0.05) is 0 Å². The first-order valence-corrected chi connectivity index (χ1v) is 1.78. The Kier molecular flexibility index (Phi) is 2.38. The Morgan fingerprint density at radius 2 is 1.57 bits per heavy atom. The highest BCUT2D eigenvalue weighted by Gasteiger charge is 1.88. The number of halogens is 1. The van der Waals surface area contributed by atoms with Gasteiger partial charge in [-0.05, 0) is 12.2 Å². The summed E-state index contributed by atoms with van der Waals surface area (Å²) in [5.74, 6) is 0.0926. The summed E-state index contributed by atoms with van der Waals surface area (Å²) >= 11 is 0. The molecule has 0 saturated carbocycles. The van der Waals surface area contributed by atoms with Crippen LogP contribution in [0.15, 0.2) is 24.3 Å². The molecule has 0 saturated heterocycles. The maximum atomic E-state index is 10.1. The standard InChI is InChI=1S/C5H4O.ClH/c6-5-3-1-2-4-5;/h1-4H;1H. The third-order valence-corrected chi connectivity index (χ3v) is 0.632. The molecule has 0 radical (unpaired) electrons. The van der Waals surface area contributed by atoms with Gasteiger partial charge in [-0.2, -0.15) is 0 Å². The first-order valence-electron chi connectivity index (χ1n) is 1.78. The second kappa shape index (κ2) is 2.59. The molecule has 1 rings (SSSR count). The van der Waals surface area contributed by atoms with E-state index in [-0.39, 0.29) is 18.2 Å². The van der Waals surface area contributed by atoms with Crippen LogP contribution in [0.2, 0.25) is 0 Å². The number of hydrogen-bond donors (Lipinski definition) is 0. The summed E-state index contributed by atoms with van der Waals surface area (Å²) in [6.45, 7) is 0.